The van der Waals surface area contributed by atoms with E-state index in [-0.39, 0.29) is 5.54 Å². The fourth-order valence-corrected chi connectivity index (χ4v) is 2.82. The van der Waals surface area contributed by atoms with Crippen LogP contribution in [0.1, 0.15) is 44.7 Å². The summed E-state index contributed by atoms with van der Waals surface area (Å²) in [5.74, 6) is 0. The zero-order valence-corrected chi connectivity index (χ0v) is 14.2. The minimum atomic E-state index is 0.156. The second-order valence-corrected chi connectivity index (χ2v) is 7.24. The standard InChI is InChI=1S/C18H30N2O/c1-14-11-15(12-19-18(2,3)4)8-9-17(14)20(5)13-16-7-6-10-21-16/h8-9,11,16,19H,6-7,10,12-13H2,1-5H3. The molecule has 118 valence electrons. The summed E-state index contributed by atoms with van der Waals surface area (Å²) < 4.78 is 5.73. The number of nitrogens with zero attached hydrogens (tertiary/aromatic N) is 1. The molecule has 0 aromatic heterocycles. The van der Waals surface area contributed by atoms with Crippen LogP contribution in [0.15, 0.2) is 18.2 Å². The first-order valence-corrected chi connectivity index (χ1v) is 8.02. The Balaban J connectivity index is 1.97. The van der Waals surface area contributed by atoms with Gasteiger partial charge in [-0.25, -0.2) is 0 Å². The third-order valence-electron chi connectivity index (χ3n) is 4.00. The van der Waals surface area contributed by atoms with E-state index in [4.69, 9.17) is 4.74 Å². The molecular formula is C18H30N2O. The second kappa shape index (κ2) is 6.80. The maximum atomic E-state index is 5.73. The second-order valence-electron chi connectivity index (χ2n) is 7.24. The van der Waals surface area contributed by atoms with Gasteiger partial charge in [-0.05, 0) is 57.7 Å². The third-order valence-corrected chi connectivity index (χ3v) is 4.00. The molecule has 0 spiro atoms. The van der Waals surface area contributed by atoms with Crippen LogP contribution in [0.3, 0.4) is 0 Å². The number of aryl methyl sites for hydroxylation is 1. The fraction of sp³-hybridized carbons (Fsp3) is 0.667. The van der Waals surface area contributed by atoms with E-state index in [1.54, 1.807) is 0 Å². The molecule has 3 nitrogen and oxygen atoms in total. The third kappa shape index (κ3) is 5.01. The number of hydrogen-bond donors (Lipinski definition) is 1. The molecule has 1 heterocycles. The van der Waals surface area contributed by atoms with Gasteiger partial charge >= 0.3 is 0 Å². The normalized spacial score (nSPS) is 19.0. The lowest BCUT2D eigenvalue weighted by Gasteiger charge is -2.25. The van der Waals surface area contributed by atoms with Crippen molar-refractivity contribution in [2.24, 2.45) is 0 Å². The van der Waals surface area contributed by atoms with Crippen LogP contribution >= 0.6 is 0 Å². The molecule has 1 unspecified atom stereocenters. The molecule has 1 aliphatic rings. The highest BCUT2D eigenvalue weighted by molar-refractivity contribution is 5.54. The molecule has 1 saturated heterocycles. The van der Waals surface area contributed by atoms with E-state index in [2.05, 4.69) is 63.2 Å². The number of rotatable bonds is 5. The van der Waals surface area contributed by atoms with Gasteiger partial charge in [-0.3, -0.25) is 0 Å². The molecule has 2 rings (SSSR count). The summed E-state index contributed by atoms with van der Waals surface area (Å²) in [7, 11) is 2.16. The van der Waals surface area contributed by atoms with Gasteiger partial charge in [0.25, 0.3) is 0 Å². The van der Waals surface area contributed by atoms with E-state index >= 15 is 0 Å². The molecule has 1 aliphatic heterocycles. The van der Waals surface area contributed by atoms with Crippen LogP contribution in [0.5, 0.6) is 0 Å². The number of hydrogen-bond acceptors (Lipinski definition) is 3. The van der Waals surface area contributed by atoms with E-state index in [0.717, 1.165) is 19.7 Å². The molecule has 0 bridgehead atoms. The van der Waals surface area contributed by atoms with Gasteiger partial charge in [0.15, 0.2) is 0 Å². The Morgan fingerprint density at radius 1 is 1.33 bits per heavy atom. The van der Waals surface area contributed by atoms with Crippen LogP contribution in [0.25, 0.3) is 0 Å². The van der Waals surface area contributed by atoms with Crippen molar-refractivity contribution in [3.63, 3.8) is 0 Å². The number of anilines is 1. The van der Waals surface area contributed by atoms with Crippen molar-refractivity contribution in [3.8, 4) is 0 Å². The van der Waals surface area contributed by atoms with Crippen LogP contribution in [-0.2, 0) is 11.3 Å². The van der Waals surface area contributed by atoms with Crippen molar-refractivity contribution >= 4 is 5.69 Å². The van der Waals surface area contributed by atoms with Crippen molar-refractivity contribution in [2.75, 3.05) is 25.1 Å². The van der Waals surface area contributed by atoms with Crippen molar-refractivity contribution in [3.05, 3.63) is 29.3 Å². The highest BCUT2D eigenvalue weighted by Crippen LogP contribution is 2.23. The molecule has 1 aromatic carbocycles. The largest absolute Gasteiger partial charge is 0.376 e. The van der Waals surface area contributed by atoms with Crippen molar-refractivity contribution in [1.29, 1.82) is 0 Å². The van der Waals surface area contributed by atoms with E-state index < -0.39 is 0 Å². The number of benzene rings is 1. The van der Waals surface area contributed by atoms with Gasteiger partial charge in [0.05, 0.1) is 6.10 Å². The highest BCUT2D eigenvalue weighted by Gasteiger charge is 2.18. The van der Waals surface area contributed by atoms with Gasteiger partial charge in [0, 0.05) is 38.0 Å². The smallest absolute Gasteiger partial charge is 0.0750 e. The fourth-order valence-electron chi connectivity index (χ4n) is 2.82. The average molecular weight is 290 g/mol. The lowest BCUT2D eigenvalue weighted by atomic mass is 10.1. The summed E-state index contributed by atoms with van der Waals surface area (Å²) >= 11 is 0. The first-order valence-electron chi connectivity index (χ1n) is 8.02. The highest BCUT2D eigenvalue weighted by atomic mass is 16.5. The Morgan fingerprint density at radius 3 is 2.67 bits per heavy atom. The maximum Gasteiger partial charge on any atom is 0.0750 e. The SMILES string of the molecule is Cc1cc(CNC(C)(C)C)ccc1N(C)CC1CCCO1. The minimum absolute atomic E-state index is 0.156. The average Bonchev–Trinajstić information content (AvgIpc) is 2.88. The number of ether oxygens (including phenoxy) is 1. The van der Waals surface area contributed by atoms with Crippen LogP contribution in [0.2, 0.25) is 0 Å². The molecular weight excluding hydrogens is 260 g/mol. The van der Waals surface area contributed by atoms with Crippen molar-refractivity contribution < 1.29 is 4.74 Å². The summed E-state index contributed by atoms with van der Waals surface area (Å²) in [5.41, 5.74) is 4.15. The lowest BCUT2D eigenvalue weighted by Crippen LogP contribution is -2.35. The quantitative estimate of drug-likeness (QED) is 0.898. The zero-order valence-electron chi connectivity index (χ0n) is 14.2. The first kappa shape index (κ1) is 16.3. The molecule has 1 atom stereocenters. The van der Waals surface area contributed by atoms with Gasteiger partial charge in [-0.2, -0.15) is 0 Å². The van der Waals surface area contributed by atoms with Gasteiger partial charge in [-0.15, -0.1) is 0 Å². The van der Waals surface area contributed by atoms with E-state index in [1.807, 2.05) is 0 Å². The van der Waals surface area contributed by atoms with Gasteiger partial charge < -0.3 is 15.0 Å². The molecule has 0 radical (unpaired) electrons. The van der Waals surface area contributed by atoms with E-state index in [0.29, 0.717) is 6.10 Å². The minimum Gasteiger partial charge on any atom is -0.376 e. The topological polar surface area (TPSA) is 24.5 Å². The van der Waals surface area contributed by atoms with Gasteiger partial charge in [-0.1, -0.05) is 12.1 Å². The van der Waals surface area contributed by atoms with Crippen LogP contribution in [0.4, 0.5) is 5.69 Å². The summed E-state index contributed by atoms with van der Waals surface area (Å²) in [6.45, 7) is 11.6. The molecule has 0 amide bonds. The Kier molecular flexibility index (Phi) is 5.28. The maximum absolute atomic E-state index is 5.73. The van der Waals surface area contributed by atoms with Gasteiger partial charge in [0.1, 0.15) is 0 Å². The number of nitrogens with one attached hydrogen (secondary N) is 1. The lowest BCUT2D eigenvalue weighted by molar-refractivity contribution is 0.116. The summed E-state index contributed by atoms with van der Waals surface area (Å²) in [6.07, 6.45) is 2.79. The summed E-state index contributed by atoms with van der Waals surface area (Å²) in [5, 5.41) is 3.54. The number of likely N-dealkylation sites (N-methyl/N-ethyl adjacent to an activating group) is 1. The van der Waals surface area contributed by atoms with Crippen LogP contribution in [-0.4, -0.2) is 31.8 Å². The Labute approximate surface area is 129 Å². The monoisotopic (exact) mass is 290 g/mol. The summed E-state index contributed by atoms with van der Waals surface area (Å²) in [6, 6.07) is 6.76. The van der Waals surface area contributed by atoms with E-state index in [9.17, 15) is 0 Å². The zero-order chi connectivity index (χ0) is 15.5. The molecule has 21 heavy (non-hydrogen) atoms. The predicted molar refractivity (Wildman–Crippen MR) is 90.0 cm³/mol. The Bertz CT molecular complexity index is 459. The van der Waals surface area contributed by atoms with Gasteiger partial charge in [0.2, 0.25) is 0 Å². The van der Waals surface area contributed by atoms with E-state index in [1.165, 1.54) is 29.7 Å². The summed E-state index contributed by atoms with van der Waals surface area (Å²) in [4.78, 5) is 2.33. The molecule has 0 aliphatic carbocycles. The molecule has 1 N–H and O–H groups in total. The molecule has 0 saturated carbocycles. The first-order chi connectivity index (χ1) is 9.85. The molecule has 1 fully saturated rings. The molecule has 3 heteroatoms. The van der Waals surface area contributed by atoms with Crippen molar-refractivity contribution in [1.82, 2.24) is 5.32 Å². The molecule has 1 aromatic rings. The van der Waals surface area contributed by atoms with Crippen molar-refractivity contribution in [2.45, 2.75) is 58.7 Å². The Hall–Kier alpha value is -1.06. The Morgan fingerprint density at radius 2 is 2.10 bits per heavy atom. The van der Waals surface area contributed by atoms with Crippen LogP contribution < -0.4 is 10.2 Å². The van der Waals surface area contributed by atoms with Crippen LogP contribution in [0, 0.1) is 6.92 Å². The predicted octanol–water partition coefficient (Wildman–Crippen LogP) is 3.50.